The first-order chi connectivity index (χ1) is 9.99. The second-order valence-electron chi connectivity index (χ2n) is 5.23. The van der Waals surface area contributed by atoms with E-state index in [4.69, 9.17) is 0 Å². The standard InChI is InChI=1S/C15H21N5O/c1-10(15-11(2)17-18-12(15)3)9-14(21)19-20(4)13-7-5-6-8-16-13/h5-8,10H,9H2,1-4H3,(H,17,18)(H,19,21). The Balaban J connectivity index is 1.96. The van der Waals surface area contributed by atoms with Crippen LogP contribution in [-0.2, 0) is 4.79 Å². The van der Waals surface area contributed by atoms with Gasteiger partial charge in [-0.15, -0.1) is 0 Å². The van der Waals surface area contributed by atoms with Gasteiger partial charge in [0.05, 0.1) is 5.69 Å². The van der Waals surface area contributed by atoms with E-state index in [1.54, 1.807) is 18.3 Å². The van der Waals surface area contributed by atoms with Gasteiger partial charge < -0.3 is 0 Å². The Kier molecular flexibility index (Phi) is 4.57. The molecule has 0 aliphatic rings. The summed E-state index contributed by atoms with van der Waals surface area (Å²) in [6.45, 7) is 5.96. The quantitative estimate of drug-likeness (QED) is 0.826. The SMILES string of the molecule is Cc1n[nH]c(C)c1C(C)CC(=O)NN(C)c1ccccn1. The van der Waals surface area contributed by atoms with Gasteiger partial charge in [-0.3, -0.25) is 20.3 Å². The molecule has 1 unspecified atom stereocenters. The lowest BCUT2D eigenvalue weighted by Gasteiger charge is -2.20. The number of hydrogen-bond acceptors (Lipinski definition) is 4. The number of aromatic nitrogens is 3. The first kappa shape index (κ1) is 15.0. The monoisotopic (exact) mass is 287 g/mol. The Hall–Kier alpha value is -2.37. The Morgan fingerprint density at radius 2 is 2.19 bits per heavy atom. The molecule has 0 fully saturated rings. The Morgan fingerprint density at radius 1 is 1.43 bits per heavy atom. The van der Waals surface area contributed by atoms with Gasteiger partial charge in [0.1, 0.15) is 5.82 Å². The average molecular weight is 287 g/mol. The fourth-order valence-corrected chi connectivity index (χ4v) is 2.51. The molecule has 2 aromatic heterocycles. The zero-order chi connectivity index (χ0) is 15.4. The number of nitrogens with zero attached hydrogens (tertiary/aromatic N) is 3. The van der Waals surface area contributed by atoms with Crippen LogP contribution in [-0.4, -0.2) is 28.1 Å². The predicted molar refractivity (Wildman–Crippen MR) is 81.9 cm³/mol. The first-order valence-electron chi connectivity index (χ1n) is 6.94. The molecule has 0 spiro atoms. The number of aromatic amines is 1. The van der Waals surface area contributed by atoms with Crippen LogP contribution >= 0.6 is 0 Å². The Bertz CT molecular complexity index is 588. The summed E-state index contributed by atoms with van der Waals surface area (Å²) in [4.78, 5) is 16.3. The third-order valence-electron chi connectivity index (χ3n) is 3.45. The van der Waals surface area contributed by atoms with E-state index in [1.165, 1.54) is 0 Å². The molecule has 0 aliphatic heterocycles. The lowest BCUT2D eigenvalue weighted by molar-refractivity contribution is -0.121. The van der Waals surface area contributed by atoms with E-state index in [1.807, 2.05) is 39.0 Å². The largest absolute Gasteiger partial charge is 0.282 e. The summed E-state index contributed by atoms with van der Waals surface area (Å²) in [5, 5.41) is 8.76. The van der Waals surface area contributed by atoms with Gasteiger partial charge in [-0.05, 0) is 37.5 Å². The highest BCUT2D eigenvalue weighted by atomic mass is 16.2. The van der Waals surface area contributed by atoms with Crippen LogP contribution in [0.15, 0.2) is 24.4 Å². The fourth-order valence-electron chi connectivity index (χ4n) is 2.51. The summed E-state index contributed by atoms with van der Waals surface area (Å²) in [5.74, 6) is 0.769. The summed E-state index contributed by atoms with van der Waals surface area (Å²) in [6, 6.07) is 5.56. The minimum Gasteiger partial charge on any atom is -0.282 e. The van der Waals surface area contributed by atoms with Crippen LogP contribution in [0.3, 0.4) is 0 Å². The highest BCUT2D eigenvalue weighted by Crippen LogP contribution is 2.24. The normalized spacial score (nSPS) is 12.0. The molecule has 0 bridgehead atoms. The predicted octanol–water partition coefficient (Wildman–Crippen LogP) is 2.08. The third-order valence-corrected chi connectivity index (χ3v) is 3.45. The van der Waals surface area contributed by atoms with Crippen molar-refractivity contribution in [1.82, 2.24) is 20.6 Å². The number of anilines is 1. The molecule has 0 radical (unpaired) electrons. The molecule has 2 aromatic rings. The molecule has 21 heavy (non-hydrogen) atoms. The minimum absolute atomic E-state index is 0.0457. The van der Waals surface area contributed by atoms with Crippen molar-refractivity contribution in [3.63, 3.8) is 0 Å². The molecule has 6 nitrogen and oxygen atoms in total. The maximum atomic E-state index is 12.1. The number of pyridine rings is 1. The molecule has 0 aliphatic carbocycles. The van der Waals surface area contributed by atoms with Crippen molar-refractivity contribution < 1.29 is 4.79 Å². The molecule has 1 amide bonds. The van der Waals surface area contributed by atoms with Gasteiger partial charge in [0.2, 0.25) is 5.91 Å². The summed E-state index contributed by atoms with van der Waals surface area (Å²) in [5.41, 5.74) is 5.91. The number of carbonyl (C=O) groups is 1. The van der Waals surface area contributed by atoms with Crippen LogP contribution in [0.1, 0.15) is 36.2 Å². The van der Waals surface area contributed by atoms with Gasteiger partial charge >= 0.3 is 0 Å². The van der Waals surface area contributed by atoms with Crippen LogP contribution in [0.5, 0.6) is 0 Å². The molecule has 0 saturated carbocycles. The van der Waals surface area contributed by atoms with Crippen molar-refractivity contribution in [2.75, 3.05) is 12.1 Å². The maximum absolute atomic E-state index is 12.1. The van der Waals surface area contributed by atoms with Gasteiger partial charge in [0.25, 0.3) is 0 Å². The zero-order valence-corrected chi connectivity index (χ0v) is 12.8. The van der Waals surface area contributed by atoms with Crippen LogP contribution in [0.2, 0.25) is 0 Å². The molecule has 112 valence electrons. The van der Waals surface area contributed by atoms with Crippen LogP contribution in [0, 0.1) is 13.8 Å². The summed E-state index contributed by atoms with van der Waals surface area (Å²) in [7, 11) is 1.78. The summed E-state index contributed by atoms with van der Waals surface area (Å²) < 4.78 is 0. The molecule has 1 atom stereocenters. The van der Waals surface area contributed by atoms with Gasteiger partial charge in [0, 0.05) is 25.4 Å². The second kappa shape index (κ2) is 6.39. The van der Waals surface area contributed by atoms with E-state index in [0.717, 1.165) is 17.0 Å². The highest BCUT2D eigenvalue weighted by Gasteiger charge is 2.18. The number of hydrogen-bond donors (Lipinski definition) is 2. The molecular weight excluding hydrogens is 266 g/mol. The van der Waals surface area contributed by atoms with Crippen molar-refractivity contribution >= 4 is 11.7 Å². The van der Waals surface area contributed by atoms with Crippen molar-refractivity contribution in [3.8, 4) is 0 Å². The van der Waals surface area contributed by atoms with E-state index in [2.05, 4.69) is 20.6 Å². The topological polar surface area (TPSA) is 73.9 Å². The summed E-state index contributed by atoms with van der Waals surface area (Å²) in [6.07, 6.45) is 2.09. The number of nitrogens with one attached hydrogen (secondary N) is 2. The minimum atomic E-state index is -0.0457. The second-order valence-corrected chi connectivity index (χ2v) is 5.23. The smallest absolute Gasteiger partial charge is 0.239 e. The molecule has 0 saturated heterocycles. The number of carbonyl (C=O) groups excluding carboxylic acids is 1. The molecule has 2 heterocycles. The number of H-pyrrole nitrogens is 1. The van der Waals surface area contributed by atoms with Crippen molar-refractivity contribution in [2.45, 2.75) is 33.1 Å². The van der Waals surface area contributed by atoms with Crippen LogP contribution in [0.4, 0.5) is 5.82 Å². The molecule has 6 heteroatoms. The van der Waals surface area contributed by atoms with Crippen molar-refractivity contribution in [1.29, 1.82) is 0 Å². The van der Waals surface area contributed by atoms with Gasteiger partial charge in [0.15, 0.2) is 0 Å². The maximum Gasteiger partial charge on any atom is 0.239 e. The van der Waals surface area contributed by atoms with Crippen LogP contribution in [0.25, 0.3) is 0 Å². The molecule has 0 aromatic carbocycles. The van der Waals surface area contributed by atoms with E-state index >= 15 is 0 Å². The lowest BCUT2D eigenvalue weighted by atomic mass is 9.96. The molecular formula is C15H21N5O. The average Bonchev–Trinajstić information content (AvgIpc) is 2.78. The number of rotatable bonds is 5. The molecule has 2 N–H and O–H groups in total. The third kappa shape index (κ3) is 3.59. The van der Waals surface area contributed by atoms with E-state index in [9.17, 15) is 4.79 Å². The summed E-state index contributed by atoms with van der Waals surface area (Å²) >= 11 is 0. The first-order valence-corrected chi connectivity index (χ1v) is 6.94. The zero-order valence-electron chi connectivity index (χ0n) is 12.8. The fraction of sp³-hybridized carbons (Fsp3) is 0.400. The van der Waals surface area contributed by atoms with Gasteiger partial charge in [-0.25, -0.2) is 4.98 Å². The number of amides is 1. The Labute approximate surface area is 124 Å². The number of aryl methyl sites for hydroxylation is 2. The van der Waals surface area contributed by atoms with Crippen LogP contribution < -0.4 is 10.4 Å². The van der Waals surface area contributed by atoms with E-state index < -0.39 is 0 Å². The van der Waals surface area contributed by atoms with Gasteiger partial charge in [-0.1, -0.05) is 13.0 Å². The van der Waals surface area contributed by atoms with Gasteiger partial charge in [-0.2, -0.15) is 5.10 Å². The highest BCUT2D eigenvalue weighted by molar-refractivity contribution is 5.78. The Morgan fingerprint density at radius 3 is 2.76 bits per heavy atom. The molecule has 2 rings (SSSR count). The van der Waals surface area contributed by atoms with Crippen molar-refractivity contribution in [3.05, 3.63) is 41.3 Å². The van der Waals surface area contributed by atoms with Crippen molar-refractivity contribution in [2.24, 2.45) is 0 Å². The number of hydrazine groups is 1. The van der Waals surface area contributed by atoms with E-state index in [0.29, 0.717) is 12.2 Å². The van der Waals surface area contributed by atoms with E-state index in [-0.39, 0.29) is 11.8 Å². The lowest BCUT2D eigenvalue weighted by Crippen LogP contribution is -2.40.